The summed E-state index contributed by atoms with van der Waals surface area (Å²) in [5, 5.41) is 5.78. The third-order valence-corrected chi connectivity index (χ3v) is 4.32. The fraction of sp³-hybridized carbons (Fsp3) is 0.692. The highest BCUT2D eigenvalue weighted by Crippen LogP contribution is 2.20. The molecule has 1 aromatic heterocycles. The van der Waals surface area contributed by atoms with Crippen molar-refractivity contribution in [2.45, 2.75) is 58.5 Å². The lowest BCUT2D eigenvalue weighted by Gasteiger charge is -2.12. The van der Waals surface area contributed by atoms with Gasteiger partial charge >= 0.3 is 0 Å². The largest absolute Gasteiger partial charge is 0.310 e. The first kappa shape index (κ1) is 14.2. The predicted octanol–water partition coefficient (Wildman–Crippen LogP) is 4.96. The van der Waals surface area contributed by atoms with Crippen LogP contribution in [-0.4, -0.2) is 6.04 Å². The molecule has 0 amide bonds. The predicted molar refractivity (Wildman–Crippen MR) is 77.1 cm³/mol. The van der Waals surface area contributed by atoms with Gasteiger partial charge in [-0.25, -0.2) is 0 Å². The van der Waals surface area contributed by atoms with Gasteiger partial charge in [0.1, 0.15) is 0 Å². The topological polar surface area (TPSA) is 12.0 Å². The van der Waals surface area contributed by atoms with E-state index < -0.39 is 0 Å². The molecule has 0 bridgehead atoms. The molecule has 3 heteroatoms. The fourth-order valence-electron chi connectivity index (χ4n) is 1.71. The summed E-state index contributed by atoms with van der Waals surface area (Å²) >= 11 is 5.25. The smallest absolute Gasteiger partial charge is 0.0701 e. The van der Waals surface area contributed by atoms with E-state index in [0.29, 0.717) is 6.04 Å². The second-order valence-corrected chi connectivity index (χ2v) is 6.68. The van der Waals surface area contributed by atoms with E-state index in [-0.39, 0.29) is 0 Å². The number of thiophene rings is 1. The maximum absolute atomic E-state index is 3.57. The molecule has 92 valence electrons. The number of hydrogen-bond donors (Lipinski definition) is 1. The molecule has 1 rings (SSSR count). The van der Waals surface area contributed by atoms with E-state index in [0.717, 1.165) is 6.54 Å². The van der Waals surface area contributed by atoms with Crippen molar-refractivity contribution in [3.05, 3.63) is 20.8 Å². The highest BCUT2D eigenvalue weighted by Gasteiger charge is 2.02. The Morgan fingerprint density at radius 2 is 2.19 bits per heavy atom. The zero-order valence-electron chi connectivity index (χ0n) is 10.3. The quantitative estimate of drug-likeness (QED) is 0.669. The zero-order chi connectivity index (χ0) is 11.8. The molecule has 16 heavy (non-hydrogen) atoms. The van der Waals surface area contributed by atoms with E-state index in [9.17, 15) is 0 Å². The van der Waals surface area contributed by atoms with Crippen LogP contribution < -0.4 is 5.32 Å². The zero-order valence-corrected chi connectivity index (χ0v) is 12.7. The molecule has 0 radical (unpaired) electrons. The van der Waals surface area contributed by atoms with Gasteiger partial charge in [0.15, 0.2) is 0 Å². The molecule has 0 fully saturated rings. The van der Waals surface area contributed by atoms with E-state index in [1.807, 2.05) is 0 Å². The van der Waals surface area contributed by atoms with Crippen LogP contribution in [0.25, 0.3) is 0 Å². The van der Waals surface area contributed by atoms with Crippen molar-refractivity contribution in [1.82, 2.24) is 5.32 Å². The van der Waals surface area contributed by atoms with Crippen molar-refractivity contribution in [2.24, 2.45) is 0 Å². The fourth-order valence-corrected chi connectivity index (χ4v) is 2.92. The van der Waals surface area contributed by atoms with Gasteiger partial charge in [-0.15, -0.1) is 11.3 Å². The van der Waals surface area contributed by atoms with Crippen molar-refractivity contribution >= 4 is 27.3 Å². The molecule has 0 saturated carbocycles. The lowest BCUT2D eigenvalue weighted by molar-refractivity contribution is 0.483. The van der Waals surface area contributed by atoms with Crippen molar-refractivity contribution in [1.29, 1.82) is 0 Å². The Bertz CT molecular complexity index is 285. The SMILES string of the molecule is CCCCCCC(C)NCc1csc(Br)c1. The monoisotopic (exact) mass is 303 g/mol. The van der Waals surface area contributed by atoms with Crippen LogP contribution in [0.1, 0.15) is 51.5 Å². The van der Waals surface area contributed by atoms with E-state index in [2.05, 4.69) is 46.5 Å². The van der Waals surface area contributed by atoms with Gasteiger partial charge in [0.25, 0.3) is 0 Å². The Kier molecular flexibility index (Phi) is 7.33. The molecule has 0 aliphatic rings. The molecule has 0 aliphatic heterocycles. The molecular formula is C13H22BrNS. The highest BCUT2D eigenvalue weighted by atomic mass is 79.9. The summed E-state index contributed by atoms with van der Waals surface area (Å²) in [5.41, 5.74) is 1.39. The first-order valence-electron chi connectivity index (χ1n) is 6.18. The van der Waals surface area contributed by atoms with Crippen LogP contribution in [0, 0.1) is 0 Å². The maximum Gasteiger partial charge on any atom is 0.0701 e. The molecule has 0 aliphatic carbocycles. The van der Waals surface area contributed by atoms with Gasteiger partial charge in [0.05, 0.1) is 3.79 Å². The average Bonchev–Trinajstić information content (AvgIpc) is 2.68. The Balaban J connectivity index is 2.08. The Morgan fingerprint density at radius 1 is 1.38 bits per heavy atom. The summed E-state index contributed by atoms with van der Waals surface area (Å²) < 4.78 is 1.22. The molecule has 0 spiro atoms. The van der Waals surface area contributed by atoms with Crippen molar-refractivity contribution in [3.63, 3.8) is 0 Å². The number of unbranched alkanes of at least 4 members (excludes halogenated alkanes) is 3. The van der Waals surface area contributed by atoms with Crippen LogP contribution in [0.5, 0.6) is 0 Å². The molecule has 1 heterocycles. The maximum atomic E-state index is 3.57. The third-order valence-electron chi connectivity index (χ3n) is 2.77. The molecule has 0 aromatic carbocycles. The third kappa shape index (κ3) is 6.02. The summed E-state index contributed by atoms with van der Waals surface area (Å²) in [6, 6.07) is 2.83. The van der Waals surface area contributed by atoms with E-state index >= 15 is 0 Å². The molecule has 0 saturated heterocycles. The molecule has 1 aromatic rings. The van der Waals surface area contributed by atoms with Gasteiger partial charge in [0.2, 0.25) is 0 Å². The summed E-state index contributed by atoms with van der Waals surface area (Å²) in [4.78, 5) is 0. The molecular weight excluding hydrogens is 282 g/mol. The van der Waals surface area contributed by atoms with Crippen molar-refractivity contribution in [2.75, 3.05) is 0 Å². The summed E-state index contributed by atoms with van der Waals surface area (Å²) in [5.74, 6) is 0. The molecule has 1 nitrogen and oxygen atoms in total. The highest BCUT2D eigenvalue weighted by molar-refractivity contribution is 9.11. The van der Waals surface area contributed by atoms with Gasteiger partial charge in [-0.05, 0) is 46.3 Å². The number of rotatable bonds is 8. The molecule has 1 atom stereocenters. The minimum absolute atomic E-state index is 0.635. The van der Waals surface area contributed by atoms with E-state index in [4.69, 9.17) is 0 Å². The van der Waals surface area contributed by atoms with Crippen LogP contribution in [0.2, 0.25) is 0 Å². The van der Waals surface area contributed by atoms with Crippen LogP contribution in [0.4, 0.5) is 0 Å². The molecule has 1 N–H and O–H groups in total. The normalized spacial score (nSPS) is 12.9. The first-order valence-corrected chi connectivity index (χ1v) is 7.86. The van der Waals surface area contributed by atoms with Crippen LogP contribution >= 0.6 is 27.3 Å². The lowest BCUT2D eigenvalue weighted by atomic mass is 10.1. The summed E-state index contributed by atoms with van der Waals surface area (Å²) in [6.45, 7) is 5.54. The Labute approximate surface area is 112 Å². The number of hydrogen-bond acceptors (Lipinski definition) is 2. The molecule has 1 unspecified atom stereocenters. The number of nitrogens with one attached hydrogen (secondary N) is 1. The lowest BCUT2D eigenvalue weighted by Crippen LogP contribution is -2.25. The second kappa shape index (κ2) is 8.26. The number of halogens is 1. The summed E-state index contributed by atoms with van der Waals surface area (Å²) in [7, 11) is 0. The Hall–Kier alpha value is 0.140. The standard InChI is InChI=1S/C13H22BrNS/c1-3-4-5-6-7-11(2)15-9-12-8-13(14)16-10-12/h8,10-11,15H,3-7,9H2,1-2H3. The minimum Gasteiger partial charge on any atom is -0.310 e. The van der Waals surface area contributed by atoms with Gasteiger partial charge in [-0.3, -0.25) is 0 Å². The van der Waals surface area contributed by atoms with Crippen LogP contribution in [0.3, 0.4) is 0 Å². The summed E-state index contributed by atoms with van der Waals surface area (Å²) in [6.07, 6.45) is 6.74. The van der Waals surface area contributed by atoms with Gasteiger partial charge < -0.3 is 5.32 Å². The Morgan fingerprint density at radius 3 is 2.81 bits per heavy atom. The minimum atomic E-state index is 0.635. The van der Waals surface area contributed by atoms with E-state index in [1.54, 1.807) is 11.3 Å². The van der Waals surface area contributed by atoms with Crippen LogP contribution in [0.15, 0.2) is 15.2 Å². The van der Waals surface area contributed by atoms with Gasteiger partial charge in [-0.2, -0.15) is 0 Å². The first-order chi connectivity index (χ1) is 7.72. The van der Waals surface area contributed by atoms with E-state index in [1.165, 1.54) is 41.5 Å². The van der Waals surface area contributed by atoms with Crippen LogP contribution in [-0.2, 0) is 6.54 Å². The average molecular weight is 304 g/mol. The van der Waals surface area contributed by atoms with Crippen molar-refractivity contribution in [3.8, 4) is 0 Å². The second-order valence-electron chi connectivity index (χ2n) is 4.39. The van der Waals surface area contributed by atoms with Crippen molar-refractivity contribution < 1.29 is 0 Å². The van der Waals surface area contributed by atoms with Gasteiger partial charge in [-0.1, -0.05) is 32.6 Å². The van der Waals surface area contributed by atoms with Gasteiger partial charge in [0, 0.05) is 12.6 Å².